The average Bonchev–Trinajstić information content (AvgIpc) is 3.01. The largest absolute Gasteiger partial charge is 0.419 e. The Hall–Kier alpha value is -2.38. The van der Waals surface area contributed by atoms with E-state index in [-0.39, 0.29) is 21.7 Å². The molecule has 8 heteroatoms. The van der Waals surface area contributed by atoms with Crippen molar-refractivity contribution in [2.45, 2.75) is 16.8 Å². The molecule has 130 valence electrons. The lowest BCUT2D eigenvalue weighted by Crippen LogP contribution is -2.07. The minimum absolute atomic E-state index is 0.0387. The van der Waals surface area contributed by atoms with Crippen molar-refractivity contribution < 1.29 is 17.2 Å². The van der Waals surface area contributed by atoms with Gasteiger partial charge < -0.3 is 9.73 Å². The number of nitrogens with zero attached hydrogens (tertiary/aromatic N) is 1. The van der Waals surface area contributed by atoms with E-state index in [1.165, 1.54) is 12.1 Å². The predicted molar refractivity (Wildman–Crippen MR) is 93.0 cm³/mol. The number of benzene rings is 2. The zero-order chi connectivity index (χ0) is 18.0. The van der Waals surface area contributed by atoms with E-state index in [2.05, 4.69) is 10.3 Å². The number of sulfone groups is 1. The van der Waals surface area contributed by atoms with Crippen LogP contribution in [0, 0.1) is 5.82 Å². The number of aromatic nitrogens is 1. The molecule has 0 saturated heterocycles. The highest BCUT2D eigenvalue weighted by atomic mass is 35.5. The first-order valence-corrected chi connectivity index (χ1v) is 9.29. The lowest BCUT2D eigenvalue weighted by molar-refractivity contribution is 0.578. The molecule has 3 aromatic rings. The van der Waals surface area contributed by atoms with Gasteiger partial charge in [0.1, 0.15) is 5.82 Å². The molecule has 1 N–H and O–H groups in total. The van der Waals surface area contributed by atoms with Crippen LogP contribution in [0.15, 0.2) is 62.9 Å². The van der Waals surface area contributed by atoms with Crippen molar-refractivity contribution in [3.8, 4) is 11.5 Å². The lowest BCUT2D eigenvalue weighted by atomic mass is 10.2. The second-order valence-electron chi connectivity index (χ2n) is 5.15. The maximum Gasteiger partial charge on any atom is 0.233 e. The molecule has 25 heavy (non-hydrogen) atoms. The van der Waals surface area contributed by atoms with E-state index in [9.17, 15) is 12.8 Å². The molecule has 0 spiro atoms. The minimum Gasteiger partial charge on any atom is -0.419 e. The molecule has 0 bridgehead atoms. The van der Waals surface area contributed by atoms with Crippen LogP contribution < -0.4 is 5.32 Å². The molecule has 3 rings (SSSR count). The Morgan fingerprint density at radius 1 is 1.12 bits per heavy atom. The maximum absolute atomic E-state index is 13.1. The van der Waals surface area contributed by atoms with Crippen molar-refractivity contribution in [1.29, 1.82) is 0 Å². The average molecular weight is 381 g/mol. The maximum atomic E-state index is 13.1. The highest BCUT2D eigenvalue weighted by Gasteiger charge is 2.28. The molecule has 0 aliphatic rings. The van der Waals surface area contributed by atoms with Crippen LogP contribution in [0.25, 0.3) is 11.5 Å². The molecular formula is C17H14ClFN2O3S. The van der Waals surface area contributed by atoms with Crippen molar-refractivity contribution in [1.82, 2.24) is 4.98 Å². The molecular weight excluding hydrogens is 367 g/mol. The van der Waals surface area contributed by atoms with Gasteiger partial charge in [0.2, 0.25) is 26.6 Å². The molecule has 1 heterocycles. The van der Waals surface area contributed by atoms with Crippen molar-refractivity contribution in [3.63, 3.8) is 0 Å². The van der Waals surface area contributed by atoms with Crippen LogP contribution in [0.3, 0.4) is 0 Å². The van der Waals surface area contributed by atoms with Crippen LogP contribution in [0.2, 0.25) is 5.02 Å². The van der Waals surface area contributed by atoms with Gasteiger partial charge in [-0.05, 0) is 55.5 Å². The Bertz CT molecular complexity index is 984. The first-order valence-electron chi connectivity index (χ1n) is 7.43. The second kappa shape index (κ2) is 6.85. The summed E-state index contributed by atoms with van der Waals surface area (Å²) in [6.45, 7) is 2.25. The van der Waals surface area contributed by atoms with E-state index in [4.69, 9.17) is 16.0 Å². The number of oxazole rings is 1. The van der Waals surface area contributed by atoms with Crippen LogP contribution in [-0.2, 0) is 9.84 Å². The lowest BCUT2D eigenvalue weighted by Gasteiger charge is -2.04. The van der Waals surface area contributed by atoms with Gasteiger partial charge in [-0.2, -0.15) is 4.98 Å². The number of anilines is 1. The Morgan fingerprint density at radius 2 is 1.76 bits per heavy atom. The fraction of sp³-hybridized carbons (Fsp3) is 0.118. The molecule has 2 aromatic carbocycles. The van der Waals surface area contributed by atoms with Gasteiger partial charge in [0, 0.05) is 17.1 Å². The van der Waals surface area contributed by atoms with Gasteiger partial charge in [-0.25, -0.2) is 12.8 Å². The molecule has 0 saturated carbocycles. The standard InChI is InChI=1S/C17H14ClFN2O3S/c1-2-20-16-17(25(22,23)14-9-7-13(19)8-10-14)21-15(24-16)11-3-5-12(18)6-4-11/h3-10,20H,2H2,1H3. The van der Waals surface area contributed by atoms with E-state index < -0.39 is 15.7 Å². The summed E-state index contributed by atoms with van der Waals surface area (Å²) in [7, 11) is -3.96. The third-order valence-corrected chi connectivity index (χ3v) is 5.33. The molecule has 0 fully saturated rings. The van der Waals surface area contributed by atoms with Crippen molar-refractivity contribution in [2.75, 3.05) is 11.9 Å². The SMILES string of the molecule is CCNc1oc(-c2ccc(Cl)cc2)nc1S(=O)(=O)c1ccc(F)cc1. The van der Waals surface area contributed by atoms with Crippen molar-refractivity contribution in [3.05, 3.63) is 59.4 Å². The van der Waals surface area contributed by atoms with Gasteiger partial charge in [0.05, 0.1) is 4.90 Å². The number of halogens is 2. The van der Waals surface area contributed by atoms with Crippen LogP contribution in [0.5, 0.6) is 0 Å². The molecule has 0 atom stereocenters. The van der Waals surface area contributed by atoms with Gasteiger partial charge >= 0.3 is 0 Å². The third-order valence-electron chi connectivity index (χ3n) is 3.40. The molecule has 0 unspecified atom stereocenters. The summed E-state index contributed by atoms with van der Waals surface area (Å²) in [4.78, 5) is 4.08. The summed E-state index contributed by atoms with van der Waals surface area (Å²) in [5, 5.41) is 3.15. The van der Waals surface area contributed by atoms with Crippen molar-refractivity contribution in [2.24, 2.45) is 0 Å². The molecule has 0 radical (unpaired) electrons. The number of nitrogens with one attached hydrogen (secondary N) is 1. The Labute approximate surface area is 149 Å². The Morgan fingerprint density at radius 3 is 2.36 bits per heavy atom. The summed E-state index contributed by atoms with van der Waals surface area (Å²) < 4.78 is 44.3. The molecule has 0 amide bonds. The normalized spacial score (nSPS) is 11.5. The fourth-order valence-electron chi connectivity index (χ4n) is 2.20. The monoisotopic (exact) mass is 380 g/mol. The van der Waals surface area contributed by atoms with E-state index in [1.807, 2.05) is 0 Å². The Balaban J connectivity index is 2.11. The smallest absolute Gasteiger partial charge is 0.233 e. The molecule has 0 aliphatic carbocycles. The van der Waals surface area contributed by atoms with E-state index in [1.54, 1.807) is 31.2 Å². The summed E-state index contributed by atoms with van der Waals surface area (Å²) >= 11 is 5.86. The number of rotatable bonds is 5. The van der Waals surface area contributed by atoms with Crippen LogP contribution in [0.1, 0.15) is 6.92 Å². The van der Waals surface area contributed by atoms with Crippen LogP contribution in [-0.4, -0.2) is 19.9 Å². The van der Waals surface area contributed by atoms with Gasteiger partial charge in [0.15, 0.2) is 0 Å². The minimum atomic E-state index is -3.96. The molecule has 0 aliphatic heterocycles. The van der Waals surface area contributed by atoms with E-state index in [0.29, 0.717) is 17.1 Å². The Kier molecular flexibility index (Phi) is 4.78. The first kappa shape index (κ1) is 17.4. The van der Waals surface area contributed by atoms with Gasteiger partial charge in [0.25, 0.3) is 0 Å². The predicted octanol–water partition coefficient (Wildman–Crippen LogP) is 4.40. The summed E-state index contributed by atoms with van der Waals surface area (Å²) in [5.74, 6) is -0.335. The second-order valence-corrected chi connectivity index (χ2v) is 7.45. The van der Waals surface area contributed by atoms with Gasteiger partial charge in [-0.3, -0.25) is 0 Å². The number of hydrogen-bond acceptors (Lipinski definition) is 5. The zero-order valence-corrected chi connectivity index (χ0v) is 14.7. The summed E-state index contributed by atoms with van der Waals surface area (Å²) in [5.41, 5.74) is 0.587. The molecule has 5 nitrogen and oxygen atoms in total. The molecule has 1 aromatic heterocycles. The van der Waals surface area contributed by atoms with Crippen molar-refractivity contribution >= 4 is 27.3 Å². The summed E-state index contributed by atoms with van der Waals surface area (Å²) in [6, 6.07) is 11.2. The quantitative estimate of drug-likeness (QED) is 0.664. The first-order chi connectivity index (χ1) is 11.9. The van der Waals surface area contributed by atoms with Crippen LogP contribution in [0.4, 0.5) is 10.3 Å². The highest BCUT2D eigenvalue weighted by molar-refractivity contribution is 7.91. The number of hydrogen-bond donors (Lipinski definition) is 1. The van der Waals surface area contributed by atoms with Gasteiger partial charge in [-0.15, -0.1) is 0 Å². The van der Waals surface area contributed by atoms with Crippen LogP contribution >= 0.6 is 11.6 Å². The topological polar surface area (TPSA) is 72.2 Å². The van der Waals surface area contributed by atoms with E-state index >= 15 is 0 Å². The van der Waals surface area contributed by atoms with E-state index in [0.717, 1.165) is 12.1 Å². The summed E-state index contributed by atoms with van der Waals surface area (Å²) in [6.07, 6.45) is 0. The fourth-order valence-corrected chi connectivity index (χ4v) is 3.61. The zero-order valence-electron chi connectivity index (χ0n) is 13.2. The van der Waals surface area contributed by atoms with Gasteiger partial charge in [-0.1, -0.05) is 11.6 Å². The highest BCUT2D eigenvalue weighted by Crippen LogP contribution is 2.32. The third kappa shape index (κ3) is 3.52.